The molecule has 0 saturated carbocycles. The molecule has 28 heavy (non-hydrogen) atoms. The van der Waals surface area contributed by atoms with E-state index in [4.69, 9.17) is 26.6 Å². The van der Waals surface area contributed by atoms with Gasteiger partial charge in [0, 0.05) is 50.9 Å². The van der Waals surface area contributed by atoms with Crippen LogP contribution in [-0.2, 0) is 32.6 Å². The summed E-state index contributed by atoms with van der Waals surface area (Å²) in [6.07, 6.45) is 0. The lowest BCUT2D eigenvalue weighted by atomic mass is 10.1. The van der Waals surface area contributed by atoms with Crippen LogP contribution in [0.15, 0.2) is 18.2 Å². The molecular weight excluding hydrogens is 392 g/mol. The molecule has 0 aliphatic heterocycles. The molecule has 1 aromatic carbocycles. The molecule has 1 rings (SSSR count). The predicted octanol–water partition coefficient (Wildman–Crippen LogP) is 3.38. The van der Waals surface area contributed by atoms with Crippen molar-refractivity contribution in [3.63, 3.8) is 0 Å². The van der Waals surface area contributed by atoms with Gasteiger partial charge < -0.3 is 26.6 Å². The van der Waals surface area contributed by atoms with Crippen LogP contribution in [0.1, 0.15) is 52.7 Å². The third kappa shape index (κ3) is 6.74. The van der Waals surface area contributed by atoms with Crippen molar-refractivity contribution >= 4 is 22.8 Å². The van der Waals surface area contributed by atoms with E-state index >= 15 is 0 Å². The van der Waals surface area contributed by atoms with Gasteiger partial charge in [0.05, 0.1) is 0 Å². The van der Waals surface area contributed by atoms with Gasteiger partial charge >= 0.3 is 17.6 Å². The van der Waals surface area contributed by atoms with E-state index in [0.717, 1.165) is 16.3 Å². The summed E-state index contributed by atoms with van der Waals surface area (Å²) in [4.78, 5) is 0. The van der Waals surface area contributed by atoms with Gasteiger partial charge in [-0.25, -0.2) is 0 Å². The summed E-state index contributed by atoms with van der Waals surface area (Å²) in [7, 11) is -5.67. The van der Waals surface area contributed by atoms with Gasteiger partial charge in [-0.3, -0.25) is 0 Å². The van der Waals surface area contributed by atoms with Gasteiger partial charge in [-0.05, 0) is 59.6 Å². The average Bonchev–Trinajstić information content (AvgIpc) is 2.64. The maximum atomic E-state index is 6.04. The lowest BCUT2D eigenvalue weighted by Gasteiger charge is -2.30. The predicted molar refractivity (Wildman–Crippen MR) is 116 cm³/mol. The summed E-state index contributed by atoms with van der Waals surface area (Å²) in [5, 5.41) is 0.982. The maximum absolute atomic E-state index is 6.04. The van der Waals surface area contributed by atoms with E-state index in [9.17, 15) is 0 Å². The topological polar surface area (TPSA) is 55.4 Å². The second-order valence-corrected chi connectivity index (χ2v) is 11.3. The average molecular weight is 431 g/mol. The zero-order valence-electron chi connectivity index (χ0n) is 18.6. The van der Waals surface area contributed by atoms with Gasteiger partial charge in [-0.15, -0.1) is 0 Å². The SMILES string of the molecule is CCO[Si](Cc1ccc([Si](OCC)(OCC)OCC)cc1C)(OCC)OCC. The Hall–Kier alpha value is -0.586. The van der Waals surface area contributed by atoms with E-state index < -0.39 is 17.6 Å². The molecule has 0 saturated heterocycles. The van der Waals surface area contributed by atoms with Crippen LogP contribution in [0.4, 0.5) is 0 Å². The molecule has 0 fully saturated rings. The Balaban J connectivity index is 3.24. The molecule has 6 nitrogen and oxygen atoms in total. The molecular formula is C20H38O6Si2. The minimum Gasteiger partial charge on any atom is -0.374 e. The first-order chi connectivity index (χ1) is 13.5. The highest BCUT2D eigenvalue weighted by atomic mass is 28.4. The van der Waals surface area contributed by atoms with E-state index in [0.29, 0.717) is 45.7 Å². The van der Waals surface area contributed by atoms with Crippen molar-refractivity contribution in [3.8, 4) is 0 Å². The Labute approximate surface area is 173 Å². The van der Waals surface area contributed by atoms with Crippen molar-refractivity contribution in [1.82, 2.24) is 0 Å². The van der Waals surface area contributed by atoms with Crippen LogP contribution < -0.4 is 5.19 Å². The molecule has 0 heterocycles. The number of hydrogen-bond acceptors (Lipinski definition) is 6. The van der Waals surface area contributed by atoms with Gasteiger partial charge in [0.25, 0.3) is 0 Å². The summed E-state index contributed by atoms with van der Waals surface area (Å²) in [6.45, 7) is 17.2. The quantitative estimate of drug-likeness (QED) is 0.398. The van der Waals surface area contributed by atoms with E-state index in [1.165, 1.54) is 0 Å². The smallest absolute Gasteiger partial charge is 0.374 e. The summed E-state index contributed by atoms with van der Waals surface area (Å²) in [5.74, 6) is 0. The molecule has 0 atom stereocenters. The molecule has 0 aliphatic rings. The maximum Gasteiger partial charge on any atom is 0.537 e. The van der Waals surface area contributed by atoms with Crippen LogP contribution in [0.5, 0.6) is 0 Å². The second-order valence-electron chi connectivity index (χ2n) is 6.16. The van der Waals surface area contributed by atoms with Crippen molar-refractivity contribution in [2.24, 2.45) is 0 Å². The zero-order chi connectivity index (χ0) is 21.0. The zero-order valence-corrected chi connectivity index (χ0v) is 20.6. The normalized spacial score (nSPS) is 12.5. The highest BCUT2D eigenvalue weighted by Crippen LogP contribution is 2.21. The minimum atomic E-state index is -2.91. The number of benzene rings is 1. The van der Waals surface area contributed by atoms with Gasteiger partial charge in [-0.1, -0.05) is 18.2 Å². The van der Waals surface area contributed by atoms with Gasteiger partial charge in [-0.2, -0.15) is 0 Å². The van der Waals surface area contributed by atoms with Gasteiger partial charge in [0.2, 0.25) is 0 Å². The van der Waals surface area contributed by atoms with Crippen LogP contribution in [-0.4, -0.2) is 57.3 Å². The molecule has 0 bridgehead atoms. The molecule has 162 valence electrons. The Morgan fingerprint density at radius 1 is 0.643 bits per heavy atom. The fourth-order valence-corrected chi connectivity index (χ4v) is 8.51. The third-order valence-electron chi connectivity index (χ3n) is 4.20. The first-order valence-corrected chi connectivity index (χ1v) is 14.1. The molecule has 0 spiro atoms. The Bertz CT molecular complexity index is 536. The van der Waals surface area contributed by atoms with Crippen molar-refractivity contribution in [3.05, 3.63) is 29.3 Å². The summed E-state index contributed by atoms with van der Waals surface area (Å²) < 4.78 is 36.1. The Morgan fingerprint density at radius 2 is 1.07 bits per heavy atom. The van der Waals surface area contributed by atoms with E-state index in [1.807, 2.05) is 41.5 Å². The third-order valence-corrected chi connectivity index (χ3v) is 10.2. The fourth-order valence-electron chi connectivity index (χ4n) is 3.20. The van der Waals surface area contributed by atoms with Crippen LogP contribution in [0.3, 0.4) is 0 Å². The lowest BCUT2D eigenvalue weighted by Crippen LogP contribution is -2.57. The molecule has 1 aromatic rings. The largest absolute Gasteiger partial charge is 0.537 e. The van der Waals surface area contributed by atoms with Gasteiger partial charge in [0.15, 0.2) is 0 Å². The second kappa shape index (κ2) is 12.9. The summed E-state index contributed by atoms with van der Waals surface area (Å²) >= 11 is 0. The monoisotopic (exact) mass is 430 g/mol. The van der Waals surface area contributed by atoms with Gasteiger partial charge in [0.1, 0.15) is 0 Å². The minimum absolute atomic E-state index is 0.544. The lowest BCUT2D eigenvalue weighted by molar-refractivity contribution is 0.0703. The van der Waals surface area contributed by atoms with Crippen LogP contribution in [0.25, 0.3) is 0 Å². The molecule has 0 aliphatic carbocycles. The van der Waals surface area contributed by atoms with Crippen LogP contribution in [0, 0.1) is 6.92 Å². The van der Waals surface area contributed by atoms with Crippen molar-refractivity contribution in [1.29, 1.82) is 0 Å². The standard InChI is InChI=1S/C20H38O6Si2/c1-8-21-27(22-9-2,23-10-3)17-19-14-15-20(16-18(19)7)28(24-11-4,25-12-5)26-13-6/h14-16H,8-13,17H2,1-7H3. The summed E-state index contributed by atoms with van der Waals surface area (Å²) in [6, 6.07) is 6.91. The molecule has 0 unspecified atom stereocenters. The van der Waals surface area contributed by atoms with Crippen molar-refractivity contribution in [2.75, 3.05) is 39.6 Å². The molecule has 0 aromatic heterocycles. The number of hydrogen-bond donors (Lipinski definition) is 0. The number of aryl methyl sites for hydroxylation is 1. The number of rotatable bonds is 15. The van der Waals surface area contributed by atoms with E-state index in [1.54, 1.807) is 0 Å². The molecule has 0 radical (unpaired) electrons. The van der Waals surface area contributed by atoms with Crippen molar-refractivity contribution < 1.29 is 26.6 Å². The fraction of sp³-hybridized carbons (Fsp3) is 0.700. The molecule has 8 heteroatoms. The Kier molecular flexibility index (Phi) is 11.7. The van der Waals surface area contributed by atoms with E-state index in [-0.39, 0.29) is 0 Å². The van der Waals surface area contributed by atoms with Crippen LogP contribution in [0.2, 0.25) is 0 Å². The highest BCUT2D eigenvalue weighted by molar-refractivity contribution is 6.75. The first-order valence-electron chi connectivity index (χ1n) is 10.4. The molecule has 0 N–H and O–H groups in total. The first kappa shape index (κ1) is 25.5. The van der Waals surface area contributed by atoms with Crippen molar-refractivity contribution in [2.45, 2.75) is 54.5 Å². The van der Waals surface area contributed by atoms with E-state index in [2.05, 4.69) is 25.1 Å². The highest BCUT2D eigenvalue weighted by Gasteiger charge is 2.44. The summed E-state index contributed by atoms with van der Waals surface area (Å²) in [5.41, 5.74) is 2.28. The van der Waals surface area contributed by atoms with Crippen LogP contribution >= 0.6 is 0 Å². The Morgan fingerprint density at radius 3 is 1.43 bits per heavy atom. The molecule has 0 amide bonds.